The number of hydrogen-bond acceptors (Lipinski definition) is 3. The van der Waals surface area contributed by atoms with Crippen molar-refractivity contribution in [1.82, 2.24) is 10.3 Å². The number of benzene rings is 1. The number of aliphatic hydroxyl groups excluding tert-OH is 1. The Balaban J connectivity index is 2.32. The molecule has 0 aliphatic rings. The summed E-state index contributed by atoms with van der Waals surface area (Å²) in [4.78, 5) is 26.2. The van der Waals surface area contributed by atoms with Gasteiger partial charge in [-0.15, -0.1) is 0 Å². The fraction of sp³-hybridized carbons (Fsp3) is 0.167. The summed E-state index contributed by atoms with van der Waals surface area (Å²) in [5, 5.41) is 13.4. The number of H-pyrrole nitrogens is 1. The van der Waals surface area contributed by atoms with Gasteiger partial charge in [-0.25, -0.2) is 9.18 Å². The Morgan fingerprint density at radius 1 is 1.42 bits per heavy atom. The van der Waals surface area contributed by atoms with Crippen molar-refractivity contribution in [3.63, 3.8) is 0 Å². The van der Waals surface area contributed by atoms with Crippen LogP contribution in [0, 0.1) is 5.82 Å². The van der Waals surface area contributed by atoms with Gasteiger partial charge in [-0.1, -0.05) is 0 Å². The summed E-state index contributed by atoms with van der Waals surface area (Å²) in [6.45, 7) is -0.126. The predicted molar refractivity (Wildman–Crippen MR) is 68.6 cm³/mol. The molecule has 7 heteroatoms. The molecule has 0 unspecified atom stereocenters. The Bertz CT molecular complexity index is 669. The molecule has 0 bridgehead atoms. The Labute approximate surface area is 107 Å². The number of carbonyl (C=O) groups excluding carboxylic acids is 1. The number of amides is 2. The third-order valence-corrected chi connectivity index (χ3v) is 2.49. The first-order chi connectivity index (χ1) is 9.11. The fourth-order valence-corrected chi connectivity index (χ4v) is 1.62. The molecule has 0 saturated carbocycles. The molecule has 1 heterocycles. The molecule has 2 rings (SSSR count). The summed E-state index contributed by atoms with van der Waals surface area (Å²) in [7, 11) is 0. The van der Waals surface area contributed by atoms with Gasteiger partial charge < -0.3 is 20.7 Å². The molecule has 0 atom stereocenters. The molecule has 4 N–H and O–H groups in total. The first kappa shape index (κ1) is 13.0. The van der Waals surface area contributed by atoms with Crippen LogP contribution in [0.15, 0.2) is 29.2 Å². The average Bonchev–Trinajstić information content (AvgIpc) is 2.40. The van der Waals surface area contributed by atoms with Gasteiger partial charge in [-0.2, -0.15) is 0 Å². The van der Waals surface area contributed by atoms with Crippen LogP contribution < -0.4 is 16.1 Å². The van der Waals surface area contributed by atoms with E-state index >= 15 is 0 Å². The number of urea groups is 1. The van der Waals surface area contributed by atoms with Crippen LogP contribution in [-0.2, 0) is 0 Å². The first-order valence-electron chi connectivity index (χ1n) is 5.58. The quantitative estimate of drug-likeness (QED) is 0.660. The fourth-order valence-electron chi connectivity index (χ4n) is 1.62. The summed E-state index contributed by atoms with van der Waals surface area (Å²) in [6, 6.07) is 3.17. The van der Waals surface area contributed by atoms with E-state index in [4.69, 9.17) is 5.11 Å². The zero-order chi connectivity index (χ0) is 13.8. The van der Waals surface area contributed by atoms with Gasteiger partial charge in [-0.05, 0) is 18.2 Å². The molecule has 0 aliphatic heterocycles. The molecule has 0 fully saturated rings. The van der Waals surface area contributed by atoms with Gasteiger partial charge >= 0.3 is 6.03 Å². The molecule has 0 aliphatic carbocycles. The van der Waals surface area contributed by atoms with Gasteiger partial charge in [0.2, 0.25) is 5.43 Å². The highest BCUT2D eigenvalue weighted by Crippen LogP contribution is 2.11. The van der Waals surface area contributed by atoms with Crippen LogP contribution in [0.2, 0.25) is 0 Å². The van der Waals surface area contributed by atoms with Gasteiger partial charge in [0.05, 0.1) is 12.0 Å². The van der Waals surface area contributed by atoms with Crippen LogP contribution in [-0.4, -0.2) is 29.3 Å². The highest BCUT2D eigenvalue weighted by atomic mass is 19.1. The van der Waals surface area contributed by atoms with Crippen molar-refractivity contribution in [3.8, 4) is 0 Å². The van der Waals surface area contributed by atoms with E-state index in [1.807, 2.05) is 0 Å². The second-order valence-electron chi connectivity index (χ2n) is 3.83. The van der Waals surface area contributed by atoms with Gasteiger partial charge in [0.25, 0.3) is 0 Å². The van der Waals surface area contributed by atoms with E-state index in [-0.39, 0.29) is 24.2 Å². The smallest absolute Gasteiger partial charge is 0.319 e. The molecule has 0 saturated heterocycles. The Morgan fingerprint density at radius 2 is 2.21 bits per heavy atom. The Hall–Kier alpha value is -2.41. The van der Waals surface area contributed by atoms with Crippen LogP contribution in [0.5, 0.6) is 0 Å². The molecule has 6 nitrogen and oxygen atoms in total. The minimum Gasteiger partial charge on any atom is -0.395 e. The summed E-state index contributed by atoms with van der Waals surface area (Å²) in [5.41, 5.74) is 0.00801. The van der Waals surface area contributed by atoms with Gasteiger partial charge in [0.1, 0.15) is 11.5 Å². The number of carbonyl (C=O) groups is 1. The van der Waals surface area contributed by atoms with Gasteiger partial charge in [-0.3, -0.25) is 4.79 Å². The van der Waals surface area contributed by atoms with Crippen molar-refractivity contribution in [2.45, 2.75) is 0 Å². The van der Waals surface area contributed by atoms with Crippen molar-refractivity contribution >= 4 is 22.6 Å². The van der Waals surface area contributed by atoms with E-state index in [0.717, 1.165) is 6.07 Å². The topological polar surface area (TPSA) is 94.2 Å². The molecule has 1 aromatic carbocycles. The number of aromatic amines is 1. The van der Waals surface area contributed by atoms with Crippen molar-refractivity contribution in [2.24, 2.45) is 0 Å². The maximum atomic E-state index is 13.1. The molecule has 0 radical (unpaired) electrons. The average molecular weight is 265 g/mol. The van der Waals surface area contributed by atoms with E-state index in [9.17, 15) is 14.0 Å². The van der Waals surface area contributed by atoms with Crippen LogP contribution in [0.25, 0.3) is 10.9 Å². The lowest BCUT2D eigenvalue weighted by Crippen LogP contribution is -2.32. The van der Waals surface area contributed by atoms with E-state index in [2.05, 4.69) is 15.6 Å². The van der Waals surface area contributed by atoms with Gasteiger partial charge in [0, 0.05) is 18.3 Å². The Kier molecular flexibility index (Phi) is 3.76. The van der Waals surface area contributed by atoms with Crippen LogP contribution in [0.1, 0.15) is 0 Å². The van der Waals surface area contributed by atoms with Crippen molar-refractivity contribution in [3.05, 3.63) is 40.4 Å². The highest BCUT2D eigenvalue weighted by Gasteiger charge is 2.08. The summed E-state index contributed by atoms with van der Waals surface area (Å²) < 4.78 is 13.1. The standard InChI is InChI=1S/C12H12FN3O3/c13-7-1-2-9-8(5-7)11(18)10(6-15-9)16-12(19)14-3-4-17/h1-2,5-6,17H,3-4H2,(H,15,18)(H2,14,16,19). The van der Waals surface area contributed by atoms with Crippen LogP contribution >= 0.6 is 0 Å². The first-order valence-corrected chi connectivity index (χ1v) is 5.58. The van der Waals surface area contributed by atoms with E-state index < -0.39 is 17.3 Å². The molecular weight excluding hydrogens is 253 g/mol. The number of halogens is 1. The molecule has 0 spiro atoms. The second kappa shape index (κ2) is 5.49. The summed E-state index contributed by atoms with van der Waals surface area (Å²) in [6.07, 6.45) is 1.33. The van der Waals surface area contributed by atoms with E-state index in [0.29, 0.717) is 5.52 Å². The number of aromatic nitrogens is 1. The second-order valence-corrected chi connectivity index (χ2v) is 3.83. The van der Waals surface area contributed by atoms with Crippen molar-refractivity contribution < 1.29 is 14.3 Å². The lowest BCUT2D eigenvalue weighted by atomic mass is 10.2. The Morgan fingerprint density at radius 3 is 2.95 bits per heavy atom. The highest BCUT2D eigenvalue weighted by molar-refractivity contribution is 5.91. The summed E-state index contributed by atoms with van der Waals surface area (Å²) in [5.74, 6) is -0.528. The predicted octanol–water partition coefficient (Wildman–Crippen LogP) is 0.781. The molecular formula is C12H12FN3O3. The minimum atomic E-state index is -0.615. The maximum Gasteiger partial charge on any atom is 0.319 e. The van der Waals surface area contributed by atoms with E-state index in [1.54, 1.807) is 0 Å². The number of anilines is 1. The number of pyridine rings is 1. The van der Waals surface area contributed by atoms with Crippen LogP contribution in [0.4, 0.5) is 14.9 Å². The molecule has 1 aromatic heterocycles. The lowest BCUT2D eigenvalue weighted by Gasteiger charge is -2.06. The third kappa shape index (κ3) is 2.89. The maximum absolute atomic E-state index is 13.1. The number of hydrogen-bond donors (Lipinski definition) is 4. The monoisotopic (exact) mass is 265 g/mol. The number of rotatable bonds is 3. The number of aliphatic hydroxyl groups is 1. The molecule has 2 aromatic rings. The zero-order valence-electron chi connectivity index (χ0n) is 9.87. The lowest BCUT2D eigenvalue weighted by molar-refractivity contribution is 0.245. The SMILES string of the molecule is O=C(NCCO)Nc1c[nH]c2ccc(F)cc2c1=O. The molecule has 2 amide bonds. The zero-order valence-corrected chi connectivity index (χ0v) is 9.87. The molecule has 19 heavy (non-hydrogen) atoms. The van der Waals surface area contributed by atoms with E-state index in [1.165, 1.54) is 18.3 Å². The van der Waals surface area contributed by atoms with Gasteiger partial charge in [0.15, 0.2) is 0 Å². The van der Waals surface area contributed by atoms with Crippen LogP contribution in [0.3, 0.4) is 0 Å². The normalized spacial score (nSPS) is 10.4. The van der Waals surface area contributed by atoms with Crippen molar-refractivity contribution in [1.29, 1.82) is 0 Å². The largest absolute Gasteiger partial charge is 0.395 e. The molecule has 100 valence electrons. The number of fused-ring (bicyclic) bond motifs is 1. The summed E-state index contributed by atoms with van der Waals surface area (Å²) >= 11 is 0. The minimum absolute atomic E-state index is 0.00791. The number of nitrogens with one attached hydrogen (secondary N) is 3. The third-order valence-electron chi connectivity index (χ3n) is 2.49. The van der Waals surface area contributed by atoms with Crippen molar-refractivity contribution in [2.75, 3.05) is 18.5 Å².